The van der Waals surface area contributed by atoms with Gasteiger partial charge in [0.1, 0.15) is 5.82 Å². The molecule has 0 radical (unpaired) electrons. The van der Waals surface area contributed by atoms with E-state index in [1.165, 1.54) is 12.1 Å². The fraction of sp³-hybridized carbons (Fsp3) is 0.500. The molecule has 2 unspecified atom stereocenters. The summed E-state index contributed by atoms with van der Waals surface area (Å²) in [6, 6.07) is 7.17. The van der Waals surface area contributed by atoms with Crippen LogP contribution in [0.25, 0.3) is 0 Å². The van der Waals surface area contributed by atoms with Crippen molar-refractivity contribution in [1.29, 1.82) is 0 Å². The first-order valence-electron chi connectivity index (χ1n) is 5.30. The Labute approximate surface area is 102 Å². The highest BCUT2D eigenvalue weighted by atomic mass is 35.5. The monoisotopic (exact) mass is 245 g/mol. The van der Waals surface area contributed by atoms with Crippen LogP contribution in [0.5, 0.6) is 0 Å². The molecule has 1 heterocycles. The quantitative estimate of drug-likeness (QED) is 0.822. The Morgan fingerprint density at radius 2 is 1.88 bits per heavy atom. The fourth-order valence-corrected chi connectivity index (χ4v) is 2.01. The number of halogens is 2. The third-order valence-corrected chi connectivity index (χ3v) is 2.73. The molecule has 1 fully saturated rings. The molecule has 1 saturated heterocycles. The predicted octanol–water partition coefficient (Wildman–Crippen LogP) is 2.69. The third kappa shape index (κ3) is 2.94. The lowest BCUT2D eigenvalue weighted by Crippen LogP contribution is -2.47. The minimum atomic E-state index is -0.205. The molecule has 4 heteroatoms. The van der Waals surface area contributed by atoms with Gasteiger partial charge in [-0.2, -0.15) is 0 Å². The highest BCUT2D eigenvalue weighted by Gasteiger charge is 2.26. The van der Waals surface area contributed by atoms with Gasteiger partial charge in [-0.3, -0.25) is 0 Å². The molecular formula is C12H17ClFNO. The van der Waals surface area contributed by atoms with E-state index in [2.05, 4.69) is 19.2 Å². The van der Waals surface area contributed by atoms with Crippen molar-refractivity contribution < 1.29 is 9.13 Å². The van der Waals surface area contributed by atoms with E-state index in [-0.39, 0.29) is 30.4 Å². The summed E-state index contributed by atoms with van der Waals surface area (Å²) in [5.41, 5.74) is 1.03. The van der Waals surface area contributed by atoms with E-state index >= 15 is 0 Å². The van der Waals surface area contributed by atoms with Crippen molar-refractivity contribution in [2.45, 2.75) is 32.0 Å². The molecule has 0 saturated carbocycles. The van der Waals surface area contributed by atoms with Gasteiger partial charge >= 0.3 is 0 Å². The van der Waals surface area contributed by atoms with Crippen molar-refractivity contribution in [2.24, 2.45) is 0 Å². The van der Waals surface area contributed by atoms with Gasteiger partial charge in [-0.25, -0.2) is 4.39 Å². The lowest BCUT2D eigenvalue weighted by Gasteiger charge is -2.34. The number of nitrogens with one attached hydrogen (secondary N) is 1. The van der Waals surface area contributed by atoms with Crippen LogP contribution in [0.15, 0.2) is 24.3 Å². The molecule has 0 aliphatic carbocycles. The maximum atomic E-state index is 12.8. The van der Waals surface area contributed by atoms with Crippen molar-refractivity contribution in [3.05, 3.63) is 35.6 Å². The van der Waals surface area contributed by atoms with Crippen LogP contribution in [0.3, 0.4) is 0 Å². The number of ether oxygens (including phenoxy) is 1. The van der Waals surface area contributed by atoms with Crippen molar-refractivity contribution in [3.63, 3.8) is 0 Å². The summed E-state index contributed by atoms with van der Waals surface area (Å²) in [7, 11) is 0. The van der Waals surface area contributed by atoms with Gasteiger partial charge in [0.2, 0.25) is 0 Å². The average molecular weight is 246 g/mol. The molecule has 90 valence electrons. The number of hydrogen-bond donors (Lipinski definition) is 1. The first kappa shape index (κ1) is 13.4. The van der Waals surface area contributed by atoms with Gasteiger partial charge in [-0.15, -0.1) is 12.4 Å². The van der Waals surface area contributed by atoms with Crippen LogP contribution in [0.4, 0.5) is 4.39 Å². The smallest absolute Gasteiger partial charge is 0.123 e. The minimum Gasteiger partial charge on any atom is -0.370 e. The van der Waals surface area contributed by atoms with E-state index in [1.54, 1.807) is 12.1 Å². The largest absolute Gasteiger partial charge is 0.370 e. The topological polar surface area (TPSA) is 21.3 Å². The normalized spacial score (nSPS) is 29.6. The van der Waals surface area contributed by atoms with Crippen LogP contribution in [-0.4, -0.2) is 18.7 Å². The van der Waals surface area contributed by atoms with Gasteiger partial charge in [-0.05, 0) is 31.5 Å². The van der Waals surface area contributed by atoms with Crippen LogP contribution in [0, 0.1) is 5.82 Å². The minimum absolute atomic E-state index is 0. The highest BCUT2D eigenvalue weighted by Crippen LogP contribution is 2.24. The van der Waals surface area contributed by atoms with Crippen LogP contribution in [0.2, 0.25) is 0 Å². The third-order valence-electron chi connectivity index (χ3n) is 2.73. The molecule has 1 aliphatic rings. The van der Waals surface area contributed by atoms with Crippen molar-refractivity contribution in [3.8, 4) is 0 Å². The second kappa shape index (κ2) is 5.62. The number of benzene rings is 1. The summed E-state index contributed by atoms with van der Waals surface area (Å²) < 4.78 is 18.5. The van der Waals surface area contributed by atoms with E-state index in [4.69, 9.17) is 4.74 Å². The van der Waals surface area contributed by atoms with Gasteiger partial charge < -0.3 is 10.1 Å². The zero-order valence-corrected chi connectivity index (χ0v) is 10.3. The van der Waals surface area contributed by atoms with Crippen LogP contribution < -0.4 is 5.32 Å². The lowest BCUT2D eigenvalue weighted by atomic mass is 10.0. The van der Waals surface area contributed by atoms with Crippen molar-refractivity contribution >= 4 is 12.4 Å². The molecule has 1 aromatic carbocycles. The van der Waals surface area contributed by atoms with Crippen LogP contribution in [0.1, 0.15) is 25.5 Å². The Bertz CT molecular complexity index is 330. The van der Waals surface area contributed by atoms with E-state index in [1.807, 2.05) is 0 Å². The summed E-state index contributed by atoms with van der Waals surface area (Å²) in [4.78, 5) is 0. The summed E-state index contributed by atoms with van der Waals surface area (Å²) in [5, 5.41) is 3.42. The standard InChI is InChI=1S/C12H16FNO.ClH/c1-8-7-15-12(9(2)14-8)10-3-5-11(13)6-4-10;/h3-6,8-9,12,14H,7H2,1-2H3;1H/t8-,9?,12?;/m0./s1. The molecule has 2 nitrogen and oxygen atoms in total. The zero-order chi connectivity index (χ0) is 10.8. The van der Waals surface area contributed by atoms with Gasteiger partial charge in [-0.1, -0.05) is 12.1 Å². The predicted molar refractivity (Wildman–Crippen MR) is 64.4 cm³/mol. The van der Waals surface area contributed by atoms with Crippen molar-refractivity contribution in [2.75, 3.05) is 6.61 Å². The second-order valence-corrected chi connectivity index (χ2v) is 4.16. The SMILES string of the molecule is CC1N[C@@H](C)COC1c1ccc(F)cc1.Cl. The van der Waals surface area contributed by atoms with Crippen LogP contribution >= 0.6 is 12.4 Å². The molecule has 2 rings (SSSR count). The molecular weight excluding hydrogens is 229 g/mol. The van der Waals surface area contributed by atoms with Gasteiger partial charge in [0, 0.05) is 12.1 Å². The average Bonchev–Trinajstić information content (AvgIpc) is 2.20. The van der Waals surface area contributed by atoms with Gasteiger partial charge in [0.05, 0.1) is 12.7 Å². The Balaban J connectivity index is 0.00000128. The maximum absolute atomic E-state index is 12.8. The number of hydrogen-bond acceptors (Lipinski definition) is 2. The zero-order valence-electron chi connectivity index (χ0n) is 9.44. The summed E-state index contributed by atoms with van der Waals surface area (Å²) in [6.07, 6.45) is 0.0294. The molecule has 0 amide bonds. The molecule has 0 bridgehead atoms. The lowest BCUT2D eigenvalue weighted by molar-refractivity contribution is -0.0207. The Hall–Kier alpha value is -0.640. The van der Waals surface area contributed by atoms with Crippen molar-refractivity contribution in [1.82, 2.24) is 5.32 Å². The summed E-state index contributed by atoms with van der Waals surface area (Å²) >= 11 is 0. The summed E-state index contributed by atoms with van der Waals surface area (Å²) in [6.45, 7) is 4.88. The van der Waals surface area contributed by atoms with E-state index in [0.29, 0.717) is 12.6 Å². The second-order valence-electron chi connectivity index (χ2n) is 4.16. The summed E-state index contributed by atoms with van der Waals surface area (Å²) in [5.74, 6) is -0.205. The Morgan fingerprint density at radius 3 is 2.44 bits per heavy atom. The molecule has 1 aromatic rings. The Morgan fingerprint density at radius 1 is 1.25 bits per heavy atom. The van der Waals surface area contributed by atoms with Gasteiger partial charge in [0.25, 0.3) is 0 Å². The number of morpholine rings is 1. The molecule has 16 heavy (non-hydrogen) atoms. The molecule has 1 N–H and O–H groups in total. The molecule has 0 spiro atoms. The highest BCUT2D eigenvalue weighted by molar-refractivity contribution is 5.85. The first-order valence-corrected chi connectivity index (χ1v) is 5.30. The van der Waals surface area contributed by atoms with Crippen LogP contribution in [-0.2, 0) is 4.74 Å². The molecule has 3 atom stereocenters. The first-order chi connectivity index (χ1) is 7.16. The maximum Gasteiger partial charge on any atom is 0.123 e. The fourth-order valence-electron chi connectivity index (χ4n) is 2.01. The van der Waals surface area contributed by atoms with Gasteiger partial charge in [0.15, 0.2) is 0 Å². The molecule has 1 aliphatic heterocycles. The van der Waals surface area contributed by atoms with E-state index in [9.17, 15) is 4.39 Å². The molecule has 0 aromatic heterocycles. The number of rotatable bonds is 1. The van der Waals surface area contributed by atoms with E-state index in [0.717, 1.165) is 5.56 Å². The Kier molecular flexibility index (Phi) is 4.71. The van der Waals surface area contributed by atoms with E-state index < -0.39 is 0 Å².